The Balaban J connectivity index is 1.38. The van der Waals surface area contributed by atoms with E-state index in [0.717, 1.165) is 44.6 Å². The van der Waals surface area contributed by atoms with Crippen molar-refractivity contribution in [2.45, 2.75) is 38.5 Å². The van der Waals surface area contributed by atoms with E-state index >= 15 is 0 Å². The largest absolute Gasteiger partial charge is 0.342 e. The first kappa shape index (κ1) is 20.3. The minimum atomic E-state index is 0.169. The number of carbonyl (C=O) groups excluding carboxylic acids is 2. The number of amides is 2. The summed E-state index contributed by atoms with van der Waals surface area (Å²) in [6.07, 6.45) is 5.87. The summed E-state index contributed by atoms with van der Waals surface area (Å²) in [6.45, 7) is 5.19. The van der Waals surface area contributed by atoms with E-state index in [9.17, 15) is 9.59 Å². The van der Waals surface area contributed by atoms with Crippen LogP contribution in [0.25, 0.3) is 0 Å². The lowest BCUT2D eigenvalue weighted by Gasteiger charge is -2.35. The van der Waals surface area contributed by atoms with Gasteiger partial charge in [0, 0.05) is 45.7 Å². The molecule has 0 radical (unpaired) electrons. The number of piperazine rings is 1. The molecule has 0 bridgehead atoms. The smallest absolute Gasteiger partial charge is 0.236 e. The molecular formula is C22H30N4O2. The van der Waals surface area contributed by atoms with Crippen LogP contribution in [0, 0.1) is 11.3 Å². The summed E-state index contributed by atoms with van der Waals surface area (Å²) in [4.78, 5) is 31.1. The third-order valence-electron chi connectivity index (χ3n) is 5.75. The van der Waals surface area contributed by atoms with Crippen LogP contribution in [0.1, 0.15) is 43.2 Å². The predicted molar refractivity (Wildman–Crippen MR) is 108 cm³/mol. The number of nitriles is 1. The fourth-order valence-electron chi connectivity index (χ4n) is 3.92. The van der Waals surface area contributed by atoms with Crippen LogP contribution in [0.5, 0.6) is 0 Å². The molecule has 2 aliphatic rings. The van der Waals surface area contributed by atoms with E-state index < -0.39 is 0 Å². The van der Waals surface area contributed by atoms with Gasteiger partial charge in [0.25, 0.3) is 0 Å². The number of hydrogen-bond acceptors (Lipinski definition) is 4. The van der Waals surface area contributed by atoms with E-state index in [-0.39, 0.29) is 11.8 Å². The highest BCUT2D eigenvalue weighted by atomic mass is 16.2. The van der Waals surface area contributed by atoms with Crippen LogP contribution in [0.3, 0.4) is 0 Å². The van der Waals surface area contributed by atoms with Gasteiger partial charge in [0.2, 0.25) is 11.8 Å². The third-order valence-corrected chi connectivity index (χ3v) is 5.75. The molecule has 0 N–H and O–H groups in total. The van der Waals surface area contributed by atoms with E-state index in [1.54, 1.807) is 12.1 Å². The average molecular weight is 383 g/mol. The van der Waals surface area contributed by atoms with Crippen LogP contribution >= 0.6 is 0 Å². The second kappa shape index (κ2) is 10.2. The number of hydrogen-bond donors (Lipinski definition) is 0. The second-order valence-electron chi connectivity index (χ2n) is 7.76. The van der Waals surface area contributed by atoms with Crippen molar-refractivity contribution in [2.75, 3.05) is 45.8 Å². The monoisotopic (exact) mass is 382 g/mol. The molecule has 6 heteroatoms. The number of nitrogens with zero attached hydrogens (tertiary/aromatic N) is 4. The average Bonchev–Trinajstić information content (AvgIpc) is 3.02. The zero-order chi connectivity index (χ0) is 19.8. The maximum Gasteiger partial charge on any atom is 0.236 e. The molecular weight excluding hydrogens is 352 g/mol. The molecule has 0 unspecified atom stereocenters. The summed E-state index contributed by atoms with van der Waals surface area (Å²) < 4.78 is 0. The Morgan fingerprint density at radius 3 is 2.04 bits per heavy atom. The Bertz CT molecular complexity index is 694. The first-order valence-electron chi connectivity index (χ1n) is 10.4. The van der Waals surface area contributed by atoms with Crippen LogP contribution in [-0.4, -0.2) is 72.3 Å². The van der Waals surface area contributed by atoms with Crippen LogP contribution in [-0.2, 0) is 16.0 Å². The lowest BCUT2D eigenvalue weighted by molar-refractivity contribution is -0.135. The van der Waals surface area contributed by atoms with Gasteiger partial charge >= 0.3 is 0 Å². The zero-order valence-corrected chi connectivity index (χ0v) is 16.6. The topological polar surface area (TPSA) is 67.6 Å². The summed E-state index contributed by atoms with van der Waals surface area (Å²) in [7, 11) is 0. The van der Waals surface area contributed by atoms with Crippen molar-refractivity contribution in [1.82, 2.24) is 14.7 Å². The highest BCUT2D eigenvalue weighted by Crippen LogP contribution is 2.12. The van der Waals surface area contributed by atoms with Crippen LogP contribution < -0.4 is 0 Å². The number of benzene rings is 1. The summed E-state index contributed by atoms with van der Waals surface area (Å²) in [5, 5.41) is 8.84. The molecule has 2 aliphatic heterocycles. The van der Waals surface area contributed by atoms with Crippen LogP contribution in [0.15, 0.2) is 24.3 Å². The number of rotatable bonds is 5. The van der Waals surface area contributed by atoms with Gasteiger partial charge in [-0.25, -0.2) is 0 Å². The molecule has 2 heterocycles. The molecule has 28 heavy (non-hydrogen) atoms. The van der Waals surface area contributed by atoms with Gasteiger partial charge in [0.1, 0.15) is 0 Å². The van der Waals surface area contributed by atoms with Crippen molar-refractivity contribution in [3.8, 4) is 6.07 Å². The van der Waals surface area contributed by atoms with E-state index in [1.807, 2.05) is 21.9 Å². The summed E-state index contributed by atoms with van der Waals surface area (Å²) >= 11 is 0. The summed E-state index contributed by atoms with van der Waals surface area (Å²) in [5.74, 6) is 0.408. The second-order valence-corrected chi connectivity index (χ2v) is 7.76. The van der Waals surface area contributed by atoms with Gasteiger partial charge in [-0.3, -0.25) is 14.5 Å². The number of carbonyl (C=O) groups is 2. The fourth-order valence-corrected chi connectivity index (χ4v) is 3.92. The Hall–Kier alpha value is -2.39. The van der Waals surface area contributed by atoms with E-state index in [4.69, 9.17) is 5.26 Å². The molecule has 0 spiro atoms. The highest BCUT2D eigenvalue weighted by molar-refractivity contribution is 5.78. The van der Waals surface area contributed by atoms with Gasteiger partial charge in [-0.2, -0.15) is 5.26 Å². The van der Waals surface area contributed by atoms with Gasteiger partial charge < -0.3 is 9.80 Å². The lowest BCUT2D eigenvalue weighted by Crippen LogP contribution is -2.51. The van der Waals surface area contributed by atoms with Crippen LogP contribution in [0.4, 0.5) is 0 Å². The first-order chi connectivity index (χ1) is 13.7. The molecule has 2 saturated heterocycles. The van der Waals surface area contributed by atoms with Crippen LogP contribution in [0.2, 0.25) is 0 Å². The minimum Gasteiger partial charge on any atom is -0.342 e. The van der Waals surface area contributed by atoms with Crippen molar-refractivity contribution >= 4 is 11.8 Å². The molecule has 1 aromatic rings. The van der Waals surface area contributed by atoms with Crippen molar-refractivity contribution in [1.29, 1.82) is 5.26 Å². The molecule has 0 atom stereocenters. The summed E-state index contributed by atoms with van der Waals surface area (Å²) in [6, 6.07) is 9.52. The van der Waals surface area contributed by atoms with Gasteiger partial charge in [-0.1, -0.05) is 25.0 Å². The first-order valence-corrected chi connectivity index (χ1v) is 10.4. The Kier molecular flexibility index (Phi) is 7.44. The van der Waals surface area contributed by atoms with Crippen molar-refractivity contribution < 1.29 is 9.59 Å². The van der Waals surface area contributed by atoms with Gasteiger partial charge in [0.05, 0.1) is 18.2 Å². The molecule has 150 valence electrons. The van der Waals surface area contributed by atoms with E-state index in [2.05, 4.69) is 11.0 Å². The fraction of sp³-hybridized carbons (Fsp3) is 0.591. The molecule has 0 aromatic heterocycles. The quantitative estimate of drug-likeness (QED) is 0.782. The normalized spacial score (nSPS) is 18.4. The zero-order valence-electron chi connectivity index (χ0n) is 16.6. The van der Waals surface area contributed by atoms with Crippen molar-refractivity contribution in [2.24, 2.45) is 0 Å². The van der Waals surface area contributed by atoms with Crippen molar-refractivity contribution in [3.05, 3.63) is 35.4 Å². The molecule has 0 saturated carbocycles. The standard InChI is InChI=1S/C22H30N4O2/c23-17-20-7-5-19(6-8-20)9-10-21(27)26-15-13-24(14-16-26)18-22(28)25-11-3-1-2-4-12-25/h5-8H,1-4,9-16,18H2. The molecule has 6 nitrogen and oxygen atoms in total. The molecule has 2 amide bonds. The molecule has 3 rings (SSSR count). The highest BCUT2D eigenvalue weighted by Gasteiger charge is 2.24. The number of likely N-dealkylation sites (tertiary alicyclic amines) is 1. The maximum atomic E-state index is 12.5. The van der Waals surface area contributed by atoms with E-state index in [0.29, 0.717) is 38.0 Å². The lowest BCUT2D eigenvalue weighted by atomic mass is 10.1. The van der Waals surface area contributed by atoms with Gasteiger partial charge in [-0.05, 0) is 37.0 Å². The predicted octanol–water partition coefficient (Wildman–Crippen LogP) is 2.04. The molecule has 2 fully saturated rings. The Morgan fingerprint density at radius 2 is 1.43 bits per heavy atom. The SMILES string of the molecule is N#Cc1ccc(CCC(=O)N2CCN(CC(=O)N3CCCCCC3)CC2)cc1. The number of aryl methyl sites for hydroxylation is 1. The Morgan fingerprint density at radius 1 is 0.821 bits per heavy atom. The molecule has 1 aromatic carbocycles. The van der Waals surface area contributed by atoms with Gasteiger partial charge in [0.15, 0.2) is 0 Å². The van der Waals surface area contributed by atoms with Gasteiger partial charge in [-0.15, -0.1) is 0 Å². The summed E-state index contributed by atoms with van der Waals surface area (Å²) in [5.41, 5.74) is 1.72. The minimum absolute atomic E-state index is 0.169. The van der Waals surface area contributed by atoms with Crippen molar-refractivity contribution in [3.63, 3.8) is 0 Å². The molecule has 0 aliphatic carbocycles. The maximum absolute atomic E-state index is 12.5. The Labute approximate surface area is 167 Å². The third kappa shape index (κ3) is 5.80. The van der Waals surface area contributed by atoms with E-state index in [1.165, 1.54) is 12.8 Å².